The second kappa shape index (κ2) is 10.6. The molecule has 2 aliphatic rings. The number of benzene rings is 1. The van der Waals surface area contributed by atoms with E-state index in [0.29, 0.717) is 32.5 Å². The maximum absolute atomic E-state index is 13.5. The van der Waals surface area contributed by atoms with Crippen LogP contribution in [0.5, 0.6) is 0 Å². The van der Waals surface area contributed by atoms with Crippen molar-refractivity contribution >= 4 is 17.9 Å². The summed E-state index contributed by atoms with van der Waals surface area (Å²) in [7, 11) is 2.03. The summed E-state index contributed by atoms with van der Waals surface area (Å²) in [6, 6.07) is 7.97. The zero-order chi connectivity index (χ0) is 22.4. The lowest BCUT2D eigenvalue weighted by molar-refractivity contribution is -0.155. The second-order valence-corrected chi connectivity index (χ2v) is 8.50. The fourth-order valence-electron chi connectivity index (χ4n) is 4.37. The van der Waals surface area contributed by atoms with E-state index in [0.717, 1.165) is 31.5 Å². The molecule has 8 nitrogen and oxygen atoms in total. The van der Waals surface area contributed by atoms with Gasteiger partial charge in [0.25, 0.3) is 0 Å². The number of urea groups is 1. The van der Waals surface area contributed by atoms with E-state index in [1.807, 2.05) is 49.2 Å². The molecular weight excluding hydrogens is 396 g/mol. The fraction of sp³-hybridized carbons (Fsp3) is 0.609. The molecule has 0 spiro atoms. The molecule has 0 bridgehead atoms. The summed E-state index contributed by atoms with van der Waals surface area (Å²) in [6.45, 7) is 5.49. The molecule has 1 aromatic carbocycles. The fourth-order valence-corrected chi connectivity index (χ4v) is 4.37. The Labute approximate surface area is 184 Å². The predicted molar refractivity (Wildman–Crippen MR) is 118 cm³/mol. The molecule has 31 heavy (non-hydrogen) atoms. The van der Waals surface area contributed by atoms with Crippen molar-refractivity contribution in [2.75, 3.05) is 46.3 Å². The average Bonchev–Trinajstić information content (AvgIpc) is 2.77. The molecule has 0 aliphatic carbocycles. The van der Waals surface area contributed by atoms with Gasteiger partial charge in [0.2, 0.25) is 5.91 Å². The summed E-state index contributed by atoms with van der Waals surface area (Å²) < 4.78 is 0. The minimum Gasteiger partial charge on any atom is -0.480 e. The van der Waals surface area contributed by atoms with E-state index in [4.69, 9.17) is 0 Å². The molecule has 1 aromatic rings. The lowest BCUT2D eigenvalue weighted by Crippen LogP contribution is -2.65. The number of carbonyl (C=O) groups is 3. The van der Waals surface area contributed by atoms with E-state index in [1.54, 1.807) is 4.90 Å². The number of hydrogen-bond acceptors (Lipinski definition) is 4. The smallest absolute Gasteiger partial charge is 0.326 e. The van der Waals surface area contributed by atoms with Crippen LogP contribution >= 0.6 is 0 Å². The third-order valence-corrected chi connectivity index (χ3v) is 6.31. The van der Waals surface area contributed by atoms with Crippen LogP contribution in [0.1, 0.15) is 31.7 Å². The number of aliphatic carboxylic acids is 1. The van der Waals surface area contributed by atoms with Gasteiger partial charge in [-0.15, -0.1) is 0 Å². The molecule has 3 amide bonds. The van der Waals surface area contributed by atoms with Crippen LogP contribution in [0, 0.1) is 0 Å². The Kier molecular flexibility index (Phi) is 7.90. The highest BCUT2D eigenvalue weighted by Gasteiger charge is 2.43. The van der Waals surface area contributed by atoms with Crippen LogP contribution in [-0.4, -0.2) is 101 Å². The number of carboxylic acid groups (broad SMARTS) is 1. The van der Waals surface area contributed by atoms with Crippen LogP contribution in [0.3, 0.4) is 0 Å². The zero-order valence-electron chi connectivity index (χ0n) is 18.6. The van der Waals surface area contributed by atoms with E-state index in [9.17, 15) is 19.5 Å². The van der Waals surface area contributed by atoms with Gasteiger partial charge < -0.3 is 24.7 Å². The minimum atomic E-state index is -0.973. The van der Waals surface area contributed by atoms with Crippen molar-refractivity contribution in [3.05, 3.63) is 35.9 Å². The molecule has 3 rings (SSSR count). The van der Waals surface area contributed by atoms with Crippen LogP contribution < -0.4 is 0 Å². The monoisotopic (exact) mass is 430 g/mol. The Morgan fingerprint density at radius 3 is 2.35 bits per heavy atom. The highest BCUT2D eigenvalue weighted by atomic mass is 16.4. The number of hydrogen-bond donors (Lipinski definition) is 1. The average molecular weight is 431 g/mol. The number of likely N-dealkylation sites (N-methyl/N-ethyl adjacent to an activating group) is 1. The predicted octanol–water partition coefficient (Wildman–Crippen LogP) is 1.75. The summed E-state index contributed by atoms with van der Waals surface area (Å²) in [5.74, 6) is -1.24. The maximum atomic E-state index is 13.5. The van der Waals surface area contributed by atoms with Gasteiger partial charge in [-0.2, -0.15) is 0 Å². The molecular formula is C23H34N4O4. The highest BCUT2D eigenvalue weighted by Crippen LogP contribution is 2.22. The zero-order valence-corrected chi connectivity index (χ0v) is 18.6. The summed E-state index contributed by atoms with van der Waals surface area (Å²) in [5, 5.41) is 9.76. The summed E-state index contributed by atoms with van der Waals surface area (Å²) >= 11 is 0. The molecule has 1 N–H and O–H groups in total. The quantitative estimate of drug-likeness (QED) is 0.713. The third kappa shape index (κ3) is 5.55. The normalized spacial score (nSPS) is 21.3. The molecule has 2 saturated heterocycles. The number of carboxylic acids is 1. The van der Waals surface area contributed by atoms with Crippen LogP contribution in [0.15, 0.2) is 30.3 Å². The van der Waals surface area contributed by atoms with Gasteiger partial charge in [0, 0.05) is 45.7 Å². The first kappa shape index (κ1) is 23.1. The van der Waals surface area contributed by atoms with E-state index in [2.05, 4.69) is 4.90 Å². The molecule has 2 atom stereocenters. The van der Waals surface area contributed by atoms with Gasteiger partial charge in [-0.25, -0.2) is 9.59 Å². The standard InChI is InChI=1S/C23H34N4O4/c1-3-4-10-19(22(29)30)26-15-16-27(23(31)25-13-11-24(2)12-14-25)20(21(26)28)17-18-8-6-5-7-9-18/h5-9,19-20H,3-4,10-17H2,1-2H3,(H,29,30)/t19-,20-/m0/s1. The molecule has 0 saturated carbocycles. The van der Waals surface area contributed by atoms with Crippen molar-refractivity contribution in [3.63, 3.8) is 0 Å². The summed E-state index contributed by atoms with van der Waals surface area (Å²) in [5.41, 5.74) is 0.958. The van der Waals surface area contributed by atoms with Crippen molar-refractivity contribution < 1.29 is 19.5 Å². The topological polar surface area (TPSA) is 84.4 Å². The lowest BCUT2D eigenvalue weighted by Gasteiger charge is -2.45. The van der Waals surface area contributed by atoms with Crippen LogP contribution in [-0.2, 0) is 16.0 Å². The number of carbonyl (C=O) groups excluding carboxylic acids is 2. The highest BCUT2D eigenvalue weighted by molar-refractivity contribution is 5.91. The Balaban J connectivity index is 1.83. The van der Waals surface area contributed by atoms with Gasteiger partial charge in [-0.1, -0.05) is 50.1 Å². The molecule has 8 heteroatoms. The number of amides is 3. The van der Waals surface area contributed by atoms with E-state index in [1.165, 1.54) is 4.90 Å². The molecule has 2 heterocycles. The number of rotatable bonds is 7. The van der Waals surface area contributed by atoms with Crippen LogP contribution in [0.25, 0.3) is 0 Å². The first-order valence-electron chi connectivity index (χ1n) is 11.2. The molecule has 0 unspecified atom stereocenters. The molecule has 2 aliphatic heterocycles. The Hall–Kier alpha value is -2.61. The Bertz CT molecular complexity index is 764. The molecule has 0 aromatic heterocycles. The second-order valence-electron chi connectivity index (χ2n) is 8.50. The summed E-state index contributed by atoms with van der Waals surface area (Å²) in [6.07, 6.45) is 2.43. The number of nitrogens with zero attached hydrogens (tertiary/aromatic N) is 4. The molecule has 0 radical (unpaired) electrons. The Morgan fingerprint density at radius 1 is 1.06 bits per heavy atom. The van der Waals surface area contributed by atoms with Gasteiger partial charge in [-0.3, -0.25) is 4.79 Å². The van der Waals surface area contributed by atoms with Gasteiger partial charge in [0.05, 0.1) is 0 Å². The van der Waals surface area contributed by atoms with Gasteiger partial charge in [0.1, 0.15) is 12.1 Å². The Morgan fingerprint density at radius 2 is 1.74 bits per heavy atom. The SMILES string of the molecule is CCCC[C@@H](C(=O)O)N1CCN(C(=O)N2CCN(C)CC2)[C@@H](Cc2ccccc2)C1=O. The third-order valence-electron chi connectivity index (χ3n) is 6.31. The van der Waals surface area contributed by atoms with Gasteiger partial charge >= 0.3 is 12.0 Å². The van der Waals surface area contributed by atoms with Crippen molar-refractivity contribution in [2.45, 2.75) is 44.7 Å². The first-order chi connectivity index (χ1) is 14.9. The van der Waals surface area contributed by atoms with Crippen molar-refractivity contribution in [2.24, 2.45) is 0 Å². The van der Waals surface area contributed by atoms with Gasteiger partial charge in [0.15, 0.2) is 0 Å². The van der Waals surface area contributed by atoms with Crippen LogP contribution in [0.4, 0.5) is 4.79 Å². The van der Waals surface area contributed by atoms with Crippen molar-refractivity contribution in [1.82, 2.24) is 19.6 Å². The van der Waals surface area contributed by atoms with Crippen molar-refractivity contribution in [1.29, 1.82) is 0 Å². The summed E-state index contributed by atoms with van der Waals surface area (Å²) in [4.78, 5) is 45.9. The van der Waals surface area contributed by atoms with Crippen molar-refractivity contribution in [3.8, 4) is 0 Å². The van der Waals surface area contributed by atoms with Crippen LogP contribution in [0.2, 0.25) is 0 Å². The van der Waals surface area contributed by atoms with Gasteiger partial charge in [-0.05, 0) is 19.0 Å². The molecule has 170 valence electrons. The number of piperazine rings is 2. The maximum Gasteiger partial charge on any atom is 0.326 e. The minimum absolute atomic E-state index is 0.123. The first-order valence-corrected chi connectivity index (χ1v) is 11.2. The number of unbranched alkanes of at least 4 members (excludes halogenated alkanes) is 1. The van der Waals surface area contributed by atoms with E-state index in [-0.39, 0.29) is 18.5 Å². The molecule has 2 fully saturated rings. The van der Waals surface area contributed by atoms with E-state index >= 15 is 0 Å². The van der Waals surface area contributed by atoms with E-state index < -0.39 is 18.1 Å². The lowest BCUT2D eigenvalue weighted by atomic mass is 9.98. The largest absolute Gasteiger partial charge is 0.480 e.